The van der Waals surface area contributed by atoms with E-state index in [1.807, 2.05) is 6.07 Å². The van der Waals surface area contributed by atoms with Crippen LogP contribution in [0.15, 0.2) is 17.7 Å². The minimum Gasteiger partial charge on any atom is -0.490 e. The summed E-state index contributed by atoms with van der Waals surface area (Å²) in [5.74, 6) is 1.89. The van der Waals surface area contributed by atoms with Gasteiger partial charge in [-0.2, -0.15) is 5.26 Å². The van der Waals surface area contributed by atoms with Gasteiger partial charge >= 0.3 is 5.97 Å². The van der Waals surface area contributed by atoms with E-state index in [-0.39, 0.29) is 29.6 Å². The highest BCUT2D eigenvalue weighted by Crippen LogP contribution is 2.39. The van der Waals surface area contributed by atoms with Crippen LogP contribution in [0.5, 0.6) is 11.5 Å². The predicted octanol–water partition coefficient (Wildman–Crippen LogP) is 5.41. The monoisotopic (exact) mass is 512 g/mol. The topological polar surface area (TPSA) is 97.7 Å². The number of fused-ring (bicyclic) bond motifs is 1. The third-order valence-corrected chi connectivity index (χ3v) is 6.67. The number of benzene rings is 1. The molecule has 0 aliphatic heterocycles. The van der Waals surface area contributed by atoms with E-state index in [1.54, 1.807) is 26.0 Å². The molecule has 1 aliphatic carbocycles. The van der Waals surface area contributed by atoms with Crippen LogP contribution < -0.4 is 14.8 Å². The highest BCUT2D eigenvalue weighted by atomic mass is 35.5. The maximum atomic E-state index is 13.0. The Bertz CT molecular complexity index is 1240. The van der Waals surface area contributed by atoms with Crippen LogP contribution in [0.1, 0.15) is 53.1 Å². The van der Waals surface area contributed by atoms with E-state index >= 15 is 0 Å². The molecule has 2 aromatic rings. The van der Waals surface area contributed by atoms with E-state index < -0.39 is 11.9 Å². The number of esters is 1. The minimum atomic E-state index is -0.640. The van der Waals surface area contributed by atoms with Crippen molar-refractivity contribution in [2.45, 2.75) is 39.5 Å². The van der Waals surface area contributed by atoms with Crippen LogP contribution in [-0.4, -0.2) is 31.7 Å². The molecular weight excluding hydrogens is 488 g/mol. The van der Waals surface area contributed by atoms with Gasteiger partial charge in [-0.1, -0.05) is 17.5 Å². The highest BCUT2D eigenvalue weighted by Gasteiger charge is 2.28. The summed E-state index contributed by atoms with van der Waals surface area (Å²) >= 11 is 7.71. The van der Waals surface area contributed by atoms with Gasteiger partial charge in [-0.05, 0) is 68.9 Å². The van der Waals surface area contributed by atoms with Gasteiger partial charge in [-0.3, -0.25) is 4.79 Å². The number of carbonyl (C=O) groups excluding carboxylic acids is 2. The number of hydrogen-bond acceptors (Lipinski definition) is 7. The summed E-state index contributed by atoms with van der Waals surface area (Å²) in [5.41, 5.74) is 1.61. The zero-order chi connectivity index (χ0) is 25.4. The number of thiophene rings is 1. The van der Waals surface area contributed by atoms with Gasteiger partial charge in [0.2, 0.25) is 0 Å². The predicted molar refractivity (Wildman–Crippen MR) is 136 cm³/mol. The summed E-state index contributed by atoms with van der Waals surface area (Å²) in [6.45, 7) is 4.12. The first-order valence-electron chi connectivity index (χ1n) is 11.2. The molecule has 0 saturated carbocycles. The SMILES string of the molecule is C#CCOc1c(Cl)cc(/C=C(\C#N)C(=O)Nc2sc3c(c2C(=O)OCC)CCCC3)cc1OCC. The molecule has 9 heteroatoms. The molecular formula is C26H25ClN2O5S. The van der Waals surface area contributed by atoms with Gasteiger partial charge in [0.25, 0.3) is 5.91 Å². The summed E-state index contributed by atoms with van der Waals surface area (Å²) < 4.78 is 16.3. The second-order valence-corrected chi connectivity index (χ2v) is 9.03. The van der Waals surface area contributed by atoms with Crippen LogP contribution in [0, 0.1) is 23.7 Å². The second kappa shape index (κ2) is 12.3. The van der Waals surface area contributed by atoms with Gasteiger partial charge in [0.05, 0.1) is 23.8 Å². The molecule has 35 heavy (non-hydrogen) atoms. The van der Waals surface area contributed by atoms with Gasteiger partial charge in [0.15, 0.2) is 11.5 Å². The number of hydrogen-bond donors (Lipinski definition) is 1. The lowest BCUT2D eigenvalue weighted by molar-refractivity contribution is -0.112. The molecule has 182 valence electrons. The lowest BCUT2D eigenvalue weighted by Gasteiger charge is -2.13. The molecule has 0 fully saturated rings. The number of halogens is 1. The molecule has 1 amide bonds. The van der Waals surface area contributed by atoms with E-state index in [9.17, 15) is 14.9 Å². The Kier molecular flexibility index (Phi) is 9.19. The molecule has 1 aromatic heterocycles. The summed E-state index contributed by atoms with van der Waals surface area (Å²) in [7, 11) is 0. The molecule has 0 unspecified atom stereocenters. The van der Waals surface area contributed by atoms with Crippen molar-refractivity contribution in [2.24, 2.45) is 0 Å². The maximum Gasteiger partial charge on any atom is 0.341 e. The Morgan fingerprint density at radius 1 is 1.23 bits per heavy atom. The summed E-state index contributed by atoms with van der Waals surface area (Å²) in [5, 5.41) is 13.1. The Balaban J connectivity index is 1.93. The normalized spacial score (nSPS) is 12.7. The van der Waals surface area contributed by atoms with Gasteiger partial charge < -0.3 is 19.5 Å². The van der Waals surface area contributed by atoms with Crippen molar-refractivity contribution in [3.8, 4) is 29.9 Å². The van der Waals surface area contributed by atoms with Crippen molar-refractivity contribution < 1.29 is 23.8 Å². The Morgan fingerprint density at radius 3 is 2.69 bits per heavy atom. The van der Waals surface area contributed by atoms with Crippen molar-refractivity contribution in [1.29, 1.82) is 5.26 Å². The van der Waals surface area contributed by atoms with Gasteiger partial charge in [0, 0.05) is 4.88 Å². The van der Waals surface area contributed by atoms with Crippen LogP contribution in [0.3, 0.4) is 0 Å². The standard InChI is InChI=1S/C26H25ClN2O5S/c1-4-11-34-23-19(27)13-16(14-20(23)32-5-2)12-17(15-28)24(30)29-25-22(26(31)33-6-3)18-9-7-8-10-21(18)35-25/h1,12-14H,5-11H2,2-3H3,(H,29,30)/b17-12+. The molecule has 1 N–H and O–H groups in total. The van der Waals surface area contributed by atoms with Crippen molar-refractivity contribution in [2.75, 3.05) is 25.1 Å². The number of terminal acetylenes is 1. The first-order valence-corrected chi connectivity index (χ1v) is 12.4. The van der Waals surface area contributed by atoms with Gasteiger partial charge in [-0.25, -0.2) is 4.79 Å². The smallest absolute Gasteiger partial charge is 0.341 e. The fourth-order valence-electron chi connectivity index (χ4n) is 3.75. The quantitative estimate of drug-likeness (QED) is 0.209. The number of nitrogens with one attached hydrogen (secondary N) is 1. The number of rotatable bonds is 9. The first-order chi connectivity index (χ1) is 16.9. The molecule has 0 atom stereocenters. The van der Waals surface area contributed by atoms with E-state index in [0.717, 1.165) is 36.1 Å². The second-order valence-electron chi connectivity index (χ2n) is 7.52. The van der Waals surface area contributed by atoms with E-state index in [1.165, 1.54) is 17.4 Å². The van der Waals surface area contributed by atoms with Gasteiger partial charge in [-0.15, -0.1) is 17.8 Å². The van der Waals surface area contributed by atoms with Crippen molar-refractivity contribution in [3.63, 3.8) is 0 Å². The average Bonchev–Trinajstić information content (AvgIpc) is 3.20. The maximum absolute atomic E-state index is 13.0. The number of amides is 1. The molecule has 1 aromatic carbocycles. The number of nitriles is 1. The number of anilines is 1. The molecule has 0 spiro atoms. The van der Waals surface area contributed by atoms with Crippen molar-refractivity contribution in [1.82, 2.24) is 0 Å². The zero-order valence-electron chi connectivity index (χ0n) is 19.5. The third kappa shape index (κ3) is 6.16. The largest absolute Gasteiger partial charge is 0.490 e. The molecule has 3 rings (SSSR count). The van der Waals surface area contributed by atoms with Crippen LogP contribution in [0.25, 0.3) is 6.08 Å². The van der Waals surface area contributed by atoms with Crippen molar-refractivity contribution >= 4 is 45.9 Å². The third-order valence-electron chi connectivity index (χ3n) is 5.19. The molecule has 7 nitrogen and oxygen atoms in total. The van der Waals surface area contributed by atoms with Gasteiger partial charge in [0.1, 0.15) is 23.3 Å². The summed E-state index contributed by atoms with van der Waals surface area (Å²) in [6, 6.07) is 5.08. The molecule has 1 aliphatic rings. The molecule has 0 radical (unpaired) electrons. The zero-order valence-corrected chi connectivity index (χ0v) is 21.1. The van der Waals surface area contributed by atoms with Crippen LogP contribution in [0.2, 0.25) is 5.02 Å². The number of carbonyl (C=O) groups is 2. The average molecular weight is 513 g/mol. The number of ether oxygens (including phenoxy) is 3. The summed E-state index contributed by atoms with van der Waals surface area (Å²) in [4.78, 5) is 26.8. The van der Waals surface area contributed by atoms with Crippen LogP contribution in [-0.2, 0) is 22.4 Å². The lowest BCUT2D eigenvalue weighted by atomic mass is 9.95. The van der Waals surface area contributed by atoms with Crippen molar-refractivity contribution in [3.05, 3.63) is 44.3 Å². The first kappa shape index (κ1) is 26.2. The number of nitrogens with zero attached hydrogens (tertiary/aromatic N) is 1. The van der Waals surface area contributed by atoms with E-state index in [4.69, 9.17) is 32.2 Å². The molecule has 1 heterocycles. The van der Waals surface area contributed by atoms with E-state index in [0.29, 0.717) is 28.5 Å². The van der Waals surface area contributed by atoms with E-state index in [2.05, 4.69) is 11.2 Å². The highest BCUT2D eigenvalue weighted by molar-refractivity contribution is 7.17. The van der Waals surface area contributed by atoms with Crippen LogP contribution >= 0.6 is 22.9 Å². The Morgan fingerprint density at radius 2 is 2.00 bits per heavy atom. The summed E-state index contributed by atoms with van der Waals surface area (Å²) in [6.07, 6.45) is 10.2. The fourth-order valence-corrected chi connectivity index (χ4v) is 5.29. The minimum absolute atomic E-state index is 0.00835. The molecule has 0 bridgehead atoms. The lowest BCUT2D eigenvalue weighted by Crippen LogP contribution is -2.16. The Labute approximate surface area is 213 Å². The molecule has 0 saturated heterocycles. The fraction of sp³-hybridized carbons (Fsp3) is 0.346. The Hall–Kier alpha value is -3.46. The van der Waals surface area contributed by atoms with Crippen LogP contribution in [0.4, 0.5) is 5.00 Å². The number of aryl methyl sites for hydroxylation is 1.